The zero-order valence-electron chi connectivity index (χ0n) is 13.7. The van der Waals surface area contributed by atoms with E-state index in [2.05, 4.69) is 5.32 Å². The van der Waals surface area contributed by atoms with Crippen molar-refractivity contribution in [2.75, 3.05) is 0 Å². The molecule has 25 heavy (non-hydrogen) atoms. The Balaban J connectivity index is 1.56. The lowest BCUT2D eigenvalue weighted by molar-refractivity contribution is 0.0935. The Bertz CT molecular complexity index is 811. The first kappa shape index (κ1) is 17.1. The lowest BCUT2D eigenvalue weighted by Crippen LogP contribution is -2.26. The molecule has 0 bridgehead atoms. The Hall–Kier alpha value is -2.72. The van der Waals surface area contributed by atoms with Crippen LogP contribution in [0.1, 0.15) is 34.6 Å². The van der Waals surface area contributed by atoms with Crippen molar-refractivity contribution >= 4 is 17.5 Å². The van der Waals surface area contributed by atoms with Gasteiger partial charge in [0, 0.05) is 10.6 Å². The first-order chi connectivity index (χ1) is 12.1. The molecule has 5 heteroatoms. The SMILES string of the molecule is C[C@@H](NC(=O)c1ccc(COc2ccc(Cl)cc2)cc1)c1ccco1. The van der Waals surface area contributed by atoms with Crippen molar-refractivity contribution in [1.29, 1.82) is 0 Å². The first-order valence-electron chi connectivity index (χ1n) is 7.93. The predicted molar refractivity (Wildman–Crippen MR) is 96.8 cm³/mol. The number of amides is 1. The van der Waals surface area contributed by atoms with E-state index in [1.807, 2.05) is 37.3 Å². The summed E-state index contributed by atoms with van der Waals surface area (Å²) in [5.41, 5.74) is 1.57. The van der Waals surface area contributed by atoms with Gasteiger partial charge in [-0.2, -0.15) is 0 Å². The fraction of sp³-hybridized carbons (Fsp3) is 0.150. The third kappa shape index (κ3) is 4.64. The van der Waals surface area contributed by atoms with E-state index in [1.165, 1.54) is 0 Å². The summed E-state index contributed by atoms with van der Waals surface area (Å²) in [4.78, 5) is 12.3. The van der Waals surface area contributed by atoms with E-state index in [9.17, 15) is 4.79 Å². The smallest absolute Gasteiger partial charge is 0.251 e. The van der Waals surface area contributed by atoms with Crippen LogP contribution < -0.4 is 10.1 Å². The molecule has 1 heterocycles. The van der Waals surface area contributed by atoms with Crippen LogP contribution in [0.4, 0.5) is 0 Å². The molecular weight excluding hydrogens is 338 g/mol. The van der Waals surface area contributed by atoms with E-state index < -0.39 is 0 Å². The number of carbonyl (C=O) groups is 1. The summed E-state index contributed by atoms with van der Waals surface area (Å²) in [5.74, 6) is 1.33. The van der Waals surface area contributed by atoms with E-state index >= 15 is 0 Å². The average molecular weight is 356 g/mol. The van der Waals surface area contributed by atoms with Gasteiger partial charge in [0.05, 0.1) is 12.3 Å². The second-order valence-electron chi connectivity index (χ2n) is 5.65. The summed E-state index contributed by atoms with van der Waals surface area (Å²) >= 11 is 5.85. The summed E-state index contributed by atoms with van der Waals surface area (Å²) in [6.45, 7) is 2.30. The Morgan fingerprint density at radius 3 is 2.48 bits per heavy atom. The molecule has 0 aliphatic heterocycles. The molecule has 1 atom stereocenters. The molecule has 0 aliphatic rings. The number of furan rings is 1. The van der Waals surface area contributed by atoms with Gasteiger partial charge in [0.2, 0.25) is 0 Å². The summed E-state index contributed by atoms with van der Waals surface area (Å²) in [6.07, 6.45) is 1.59. The highest BCUT2D eigenvalue weighted by Gasteiger charge is 2.13. The van der Waals surface area contributed by atoms with Gasteiger partial charge >= 0.3 is 0 Å². The first-order valence-corrected chi connectivity index (χ1v) is 8.31. The summed E-state index contributed by atoms with van der Waals surface area (Å²) < 4.78 is 11.0. The van der Waals surface area contributed by atoms with Crippen molar-refractivity contribution in [2.24, 2.45) is 0 Å². The molecule has 0 spiro atoms. The zero-order chi connectivity index (χ0) is 17.6. The van der Waals surface area contributed by atoms with Crippen molar-refractivity contribution < 1.29 is 13.9 Å². The zero-order valence-corrected chi connectivity index (χ0v) is 14.5. The number of ether oxygens (including phenoxy) is 1. The van der Waals surface area contributed by atoms with Gasteiger partial charge in [0.25, 0.3) is 5.91 Å². The lowest BCUT2D eigenvalue weighted by Gasteiger charge is -2.12. The number of halogens is 1. The lowest BCUT2D eigenvalue weighted by atomic mass is 10.1. The minimum absolute atomic E-state index is 0.144. The topological polar surface area (TPSA) is 51.5 Å². The van der Waals surface area contributed by atoms with E-state index in [1.54, 1.807) is 36.6 Å². The van der Waals surface area contributed by atoms with Crippen LogP contribution >= 0.6 is 11.6 Å². The standard InChI is InChI=1S/C20H18ClNO3/c1-14(19-3-2-12-24-19)22-20(23)16-6-4-15(5-7-16)13-25-18-10-8-17(21)9-11-18/h2-12,14H,13H2,1H3,(H,22,23)/t14-/m1/s1. The minimum atomic E-state index is -0.185. The quantitative estimate of drug-likeness (QED) is 0.676. The molecule has 2 aromatic carbocycles. The molecule has 3 aromatic rings. The molecule has 1 amide bonds. The van der Waals surface area contributed by atoms with E-state index in [-0.39, 0.29) is 11.9 Å². The molecule has 1 N–H and O–H groups in total. The molecule has 4 nitrogen and oxygen atoms in total. The fourth-order valence-corrected chi connectivity index (χ4v) is 2.46. The maximum absolute atomic E-state index is 12.3. The van der Waals surface area contributed by atoms with Crippen molar-refractivity contribution in [3.05, 3.63) is 88.8 Å². The van der Waals surface area contributed by atoms with Gasteiger partial charge < -0.3 is 14.5 Å². The molecular formula is C20H18ClNO3. The van der Waals surface area contributed by atoms with Crippen LogP contribution in [0.2, 0.25) is 5.02 Å². The molecule has 0 unspecified atom stereocenters. The number of rotatable bonds is 6. The van der Waals surface area contributed by atoms with Crippen molar-refractivity contribution in [3.63, 3.8) is 0 Å². The third-order valence-corrected chi connectivity index (χ3v) is 4.00. The van der Waals surface area contributed by atoms with Crippen molar-refractivity contribution in [1.82, 2.24) is 5.32 Å². The van der Waals surface area contributed by atoms with Crippen LogP contribution in [-0.4, -0.2) is 5.91 Å². The van der Waals surface area contributed by atoms with E-state index in [4.69, 9.17) is 20.8 Å². The second kappa shape index (κ2) is 7.90. The molecule has 1 aromatic heterocycles. The molecule has 0 saturated heterocycles. The van der Waals surface area contributed by atoms with Gasteiger partial charge in [-0.1, -0.05) is 23.7 Å². The van der Waals surface area contributed by atoms with Gasteiger partial charge in [-0.25, -0.2) is 0 Å². The van der Waals surface area contributed by atoms with Crippen LogP contribution in [0.25, 0.3) is 0 Å². The van der Waals surface area contributed by atoms with Crippen LogP contribution in [0.3, 0.4) is 0 Å². The summed E-state index contributed by atoms with van der Waals surface area (Å²) in [7, 11) is 0. The second-order valence-corrected chi connectivity index (χ2v) is 6.09. The van der Waals surface area contributed by atoms with Crippen LogP contribution in [0.15, 0.2) is 71.3 Å². The number of hydrogen-bond donors (Lipinski definition) is 1. The van der Waals surface area contributed by atoms with Crippen molar-refractivity contribution in [3.8, 4) is 5.75 Å². The molecule has 0 fully saturated rings. The van der Waals surface area contributed by atoms with Gasteiger partial charge in [-0.15, -0.1) is 0 Å². The maximum atomic E-state index is 12.3. The molecule has 0 aliphatic carbocycles. The molecule has 128 valence electrons. The highest BCUT2D eigenvalue weighted by molar-refractivity contribution is 6.30. The Morgan fingerprint density at radius 2 is 1.84 bits per heavy atom. The number of benzene rings is 2. The molecule has 3 rings (SSSR count). The maximum Gasteiger partial charge on any atom is 0.251 e. The normalized spacial score (nSPS) is 11.8. The predicted octanol–water partition coefficient (Wildman–Crippen LogP) is 5.00. The third-order valence-electron chi connectivity index (χ3n) is 3.75. The Labute approximate surface area is 151 Å². The van der Waals surface area contributed by atoms with Gasteiger partial charge in [0.1, 0.15) is 18.1 Å². The number of hydrogen-bond acceptors (Lipinski definition) is 3. The summed E-state index contributed by atoms with van der Waals surface area (Å²) in [6, 6.07) is 18.0. The van der Waals surface area contributed by atoms with E-state index in [0.717, 1.165) is 17.1 Å². The van der Waals surface area contributed by atoms with E-state index in [0.29, 0.717) is 17.2 Å². The molecule has 0 radical (unpaired) electrons. The largest absolute Gasteiger partial charge is 0.489 e. The number of nitrogens with one attached hydrogen (secondary N) is 1. The highest BCUT2D eigenvalue weighted by Crippen LogP contribution is 2.17. The fourth-order valence-electron chi connectivity index (χ4n) is 2.34. The van der Waals surface area contributed by atoms with Crippen LogP contribution in [0.5, 0.6) is 5.75 Å². The highest BCUT2D eigenvalue weighted by atomic mass is 35.5. The van der Waals surface area contributed by atoms with Gasteiger partial charge in [-0.3, -0.25) is 4.79 Å². The monoisotopic (exact) mass is 355 g/mol. The molecule has 0 saturated carbocycles. The van der Waals surface area contributed by atoms with Crippen LogP contribution in [-0.2, 0) is 6.61 Å². The minimum Gasteiger partial charge on any atom is -0.489 e. The van der Waals surface area contributed by atoms with Gasteiger partial charge in [0.15, 0.2) is 0 Å². The summed E-state index contributed by atoms with van der Waals surface area (Å²) in [5, 5.41) is 3.58. The number of carbonyl (C=O) groups excluding carboxylic acids is 1. The Morgan fingerprint density at radius 1 is 1.12 bits per heavy atom. The Kier molecular flexibility index (Phi) is 5.41. The van der Waals surface area contributed by atoms with Crippen molar-refractivity contribution in [2.45, 2.75) is 19.6 Å². The van der Waals surface area contributed by atoms with Gasteiger partial charge in [-0.05, 0) is 61.0 Å². The van der Waals surface area contributed by atoms with Crippen LogP contribution in [0, 0.1) is 0 Å². The average Bonchev–Trinajstić information content (AvgIpc) is 3.16.